The summed E-state index contributed by atoms with van der Waals surface area (Å²) in [6.07, 6.45) is 5.68. The minimum absolute atomic E-state index is 0. The van der Waals surface area contributed by atoms with Gasteiger partial charge >= 0.3 is 23.1 Å². The largest absolute Gasteiger partial charge is 2.00 e. The van der Waals surface area contributed by atoms with Crippen molar-refractivity contribution in [3.8, 4) is 0 Å². The van der Waals surface area contributed by atoms with Gasteiger partial charge in [-0.15, -0.1) is 0 Å². The van der Waals surface area contributed by atoms with Crippen LogP contribution in [0, 0.1) is 0 Å². The van der Waals surface area contributed by atoms with E-state index in [-0.39, 0.29) is 29.7 Å². The molecule has 0 aliphatic rings. The molecule has 0 saturated carbocycles. The molecule has 0 aromatic heterocycles. The van der Waals surface area contributed by atoms with E-state index in [0.717, 1.165) is 12.8 Å². The van der Waals surface area contributed by atoms with E-state index in [2.05, 4.69) is 6.92 Å². The van der Waals surface area contributed by atoms with Crippen molar-refractivity contribution in [1.29, 1.82) is 0 Å². The van der Waals surface area contributed by atoms with Crippen molar-refractivity contribution in [2.75, 3.05) is 19.0 Å². The number of ether oxygens (including phenoxy) is 1. The van der Waals surface area contributed by atoms with E-state index in [0.29, 0.717) is 6.61 Å². The standard InChI is InChI=1S/C9H20O4S.Mg/c1-2-3-4-5-6-7-13-8-9-14(10,11)12;/h2-9H2,1H3,(H,10,11,12);/q;+2/p-1. The second-order valence-corrected chi connectivity index (χ2v) is 4.81. The molecule has 6 heteroatoms. The molecular weight excluding hydrogens is 228 g/mol. The molecule has 0 rings (SSSR count). The van der Waals surface area contributed by atoms with Crippen LogP contribution in [0.4, 0.5) is 0 Å². The van der Waals surface area contributed by atoms with E-state index in [4.69, 9.17) is 4.74 Å². The molecule has 0 unspecified atom stereocenters. The molecule has 0 bridgehead atoms. The van der Waals surface area contributed by atoms with Gasteiger partial charge in [-0.2, -0.15) is 0 Å². The molecule has 86 valence electrons. The maximum atomic E-state index is 10.2. The molecule has 0 aliphatic carbocycles. The summed E-state index contributed by atoms with van der Waals surface area (Å²) in [7, 11) is -4.10. The van der Waals surface area contributed by atoms with Crippen LogP contribution in [-0.2, 0) is 14.9 Å². The van der Waals surface area contributed by atoms with Gasteiger partial charge in [0.1, 0.15) is 0 Å². The van der Waals surface area contributed by atoms with Crippen molar-refractivity contribution in [1.82, 2.24) is 0 Å². The SMILES string of the molecule is CCCCCCCOCCS(=O)(=O)[O-].[Mg+2]. The van der Waals surface area contributed by atoms with Gasteiger partial charge < -0.3 is 9.29 Å². The zero-order valence-electron chi connectivity index (χ0n) is 9.41. The van der Waals surface area contributed by atoms with Crippen LogP contribution in [0.3, 0.4) is 0 Å². The van der Waals surface area contributed by atoms with E-state index in [9.17, 15) is 13.0 Å². The molecule has 0 aliphatic heterocycles. The van der Waals surface area contributed by atoms with Crippen molar-refractivity contribution in [2.24, 2.45) is 0 Å². The molecule has 4 nitrogen and oxygen atoms in total. The fourth-order valence-corrected chi connectivity index (χ4v) is 1.39. The van der Waals surface area contributed by atoms with Crippen molar-refractivity contribution >= 4 is 33.2 Å². The number of unbranched alkanes of at least 4 members (excludes halogenated alkanes) is 4. The summed E-state index contributed by atoms with van der Waals surface area (Å²) in [5.41, 5.74) is 0. The Bertz CT molecular complexity index is 216. The fraction of sp³-hybridized carbons (Fsp3) is 1.00. The van der Waals surface area contributed by atoms with Gasteiger partial charge in [-0.05, 0) is 6.42 Å². The van der Waals surface area contributed by atoms with Gasteiger partial charge in [-0.3, -0.25) is 0 Å². The van der Waals surface area contributed by atoms with Gasteiger partial charge in [-0.1, -0.05) is 32.6 Å². The summed E-state index contributed by atoms with van der Waals surface area (Å²) in [5.74, 6) is -0.415. The monoisotopic (exact) mass is 247 g/mol. The number of hydrogen-bond acceptors (Lipinski definition) is 4. The summed E-state index contributed by atoms with van der Waals surface area (Å²) < 4.78 is 35.5. The Morgan fingerprint density at radius 3 is 2.20 bits per heavy atom. The Morgan fingerprint density at radius 2 is 1.67 bits per heavy atom. The van der Waals surface area contributed by atoms with Crippen LogP contribution in [0.1, 0.15) is 39.0 Å². The summed E-state index contributed by atoms with van der Waals surface area (Å²) in [6.45, 7) is 2.73. The van der Waals surface area contributed by atoms with Gasteiger partial charge in [0.25, 0.3) is 0 Å². The van der Waals surface area contributed by atoms with Crippen LogP contribution in [0.25, 0.3) is 0 Å². The first-order chi connectivity index (χ1) is 6.56. The normalized spacial score (nSPS) is 11.1. The molecule has 0 fully saturated rings. The van der Waals surface area contributed by atoms with Crippen molar-refractivity contribution in [3.05, 3.63) is 0 Å². The van der Waals surface area contributed by atoms with Crippen molar-refractivity contribution in [2.45, 2.75) is 39.0 Å². The molecule has 0 amide bonds. The number of rotatable bonds is 9. The molecule has 0 radical (unpaired) electrons. The van der Waals surface area contributed by atoms with E-state index < -0.39 is 15.9 Å². The van der Waals surface area contributed by atoms with Crippen molar-refractivity contribution in [3.63, 3.8) is 0 Å². The van der Waals surface area contributed by atoms with Crippen LogP contribution < -0.4 is 0 Å². The minimum Gasteiger partial charge on any atom is -0.748 e. The molecule has 0 atom stereocenters. The summed E-state index contributed by atoms with van der Waals surface area (Å²) in [4.78, 5) is 0. The van der Waals surface area contributed by atoms with Gasteiger partial charge in [0.2, 0.25) is 0 Å². The second kappa shape index (κ2) is 11.1. The average Bonchev–Trinajstić information content (AvgIpc) is 2.08. The first kappa shape index (κ1) is 18.0. The Kier molecular flexibility index (Phi) is 13.4. The predicted octanol–water partition coefficient (Wildman–Crippen LogP) is 1.14. The van der Waals surface area contributed by atoms with E-state index in [1.165, 1.54) is 19.3 Å². The third kappa shape index (κ3) is 17.3. The van der Waals surface area contributed by atoms with Crippen molar-refractivity contribution < 1.29 is 17.7 Å². The molecule has 0 saturated heterocycles. The summed E-state index contributed by atoms with van der Waals surface area (Å²) in [5, 5.41) is 0. The van der Waals surface area contributed by atoms with Crippen LogP contribution in [0.2, 0.25) is 0 Å². The Hall–Kier alpha value is 0.636. The average molecular weight is 248 g/mol. The molecule has 0 N–H and O–H groups in total. The van der Waals surface area contributed by atoms with Gasteiger partial charge in [0.05, 0.1) is 22.5 Å². The molecule has 0 spiro atoms. The quantitative estimate of drug-likeness (QED) is 0.348. The second-order valence-electron chi connectivity index (χ2n) is 3.29. The van der Waals surface area contributed by atoms with Crippen LogP contribution >= 0.6 is 0 Å². The van der Waals surface area contributed by atoms with Gasteiger partial charge in [0, 0.05) is 6.61 Å². The molecule has 0 aromatic carbocycles. The zero-order chi connectivity index (χ0) is 10.9. The fourth-order valence-electron chi connectivity index (χ4n) is 1.07. The molecule has 15 heavy (non-hydrogen) atoms. The smallest absolute Gasteiger partial charge is 0.748 e. The van der Waals surface area contributed by atoms with Crippen LogP contribution in [-0.4, -0.2) is 55.0 Å². The third-order valence-electron chi connectivity index (χ3n) is 1.87. The van der Waals surface area contributed by atoms with E-state index in [1.54, 1.807) is 0 Å². The first-order valence-corrected chi connectivity index (χ1v) is 6.65. The molecule has 0 aromatic rings. The van der Waals surface area contributed by atoms with Crippen LogP contribution in [0.5, 0.6) is 0 Å². The zero-order valence-corrected chi connectivity index (χ0v) is 11.6. The molecule has 0 heterocycles. The summed E-state index contributed by atoms with van der Waals surface area (Å²) >= 11 is 0. The third-order valence-corrected chi connectivity index (χ3v) is 2.54. The Balaban J connectivity index is 0. The van der Waals surface area contributed by atoms with E-state index in [1.807, 2.05) is 0 Å². The topological polar surface area (TPSA) is 66.4 Å². The van der Waals surface area contributed by atoms with Gasteiger partial charge in [0.15, 0.2) is 0 Å². The number of hydrogen-bond donors (Lipinski definition) is 0. The Morgan fingerprint density at radius 1 is 1.07 bits per heavy atom. The van der Waals surface area contributed by atoms with Gasteiger partial charge in [-0.25, -0.2) is 8.42 Å². The Labute approximate surface area is 109 Å². The maximum absolute atomic E-state index is 10.2. The minimum atomic E-state index is -4.10. The molecular formula is C9H19MgO4S+. The van der Waals surface area contributed by atoms with Crippen LogP contribution in [0.15, 0.2) is 0 Å². The summed E-state index contributed by atoms with van der Waals surface area (Å²) in [6, 6.07) is 0. The first-order valence-electron chi connectivity index (χ1n) is 5.07. The van der Waals surface area contributed by atoms with E-state index >= 15 is 0 Å². The maximum Gasteiger partial charge on any atom is 2.00 e. The predicted molar refractivity (Wildman–Crippen MR) is 59.9 cm³/mol.